The molecule has 0 saturated carbocycles. The number of nitrogens with zero attached hydrogens (tertiary/aromatic N) is 2. The molecule has 0 bridgehead atoms. The lowest BCUT2D eigenvalue weighted by Gasteiger charge is -2.32. The van der Waals surface area contributed by atoms with Crippen molar-refractivity contribution in [1.29, 1.82) is 0 Å². The summed E-state index contributed by atoms with van der Waals surface area (Å²) in [7, 11) is 2.16. The molecule has 6 heteroatoms. The maximum Gasteiger partial charge on any atom is 0.239 e. The van der Waals surface area contributed by atoms with Gasteiger partial charge in [-0.15, -0.1) is 0 Å². The van der Waals surface area contributed by atoms with Gasteiger partial charge in [-0.1, -0.05) is 66.7 Å². The van der Waals surface area contributed by atoms with E-state index in [-0.39, 0.29) is 24.8 Å². The summed E-state index contributed by atoms with van der Waals surface area (Å²) in [4.78, 5) is 29.5. The first kappa shape index (κ1) is 23.0. The number of nitrogens with one attached hydrogen (secondary N) is 2. The highest BCUT2D eigenvalue weighted by Crippen LogP contribution is 2.18. The second-order valence-corrected chi connectivity index (χ2v) is 8.77. The molecule has 6 nitrogen and oxygen atoms in total. The highest BCUT2D eigenvalue weighted by molar-refractivity contribution is 5.91. The van der Waals surface area contributed by atoms with Crippen molar-refractivity contribution in [2.45, 2.75) is 19.5 Å². The van der Waals surface area contributed by atoms with E-state index in [4.69, 9.17) is 0 Å². The molecule has 0 aliphatic carbocycles. The zero-order valence-electron chi connectivity index (χ0n) is 19.2. The van der Waals surface area contributed by atoms with Gasteiger partial charge in [0.1, 0.15) is 0 Å². The molecule has 3 aromatic carbocycles. The lowest BCUT2D eigenvalue weighted by atomic mass is 10.0. The maximum atomic E-state index is 12.4. The molecule has 172 valence electrons. The largest absolute Gasteiger partial charge is 0.350 e. The first-order chi connectivity index (χ1) is 16.1. The molecule has 0 radical (unpaired) electrons. The number of benzene rings is 3. The van der Waals surface area contributed by atoms with Crippen molar-refractivity contribution in [3.63, 3.8) is 0 Å². The summed E-state index contributed by atoms with van der Waals surface area (Å²) in [5, 5.41) is 7.82. The molecule has 0 aromatic heterocycles. The minimum absolute atomic E-state index is 0.0232. The smallest absolute Gasteiger partial charge is 0.239 e. The summed E-state index contributed by atoms with van der Waals surface area (Å²) >= 11 is 0. The second-order valence-electron chi connectivity index (χ2n) is 8.77. The summed E-state index contributed by atoms with van der Waals surface area (Å²) in [6, 6.07) is 22.3. The van der Waals surface area contributed by atoms with Crippen LogP contribution in [0.15, 0.2) is 66.7 Å². The van der Waals surface area contributed by atoms with Crippen molar-refractivity contribution in [1.82, 2.24) is 20.4 Å². The van der Waals surface area contributed by atoms with Crippen LogP contribution in [0, 0.1) is 0 Å². The van der Waals surface area contributed by atoms with Gasteiger partial charge in [0.05, 0.1) is 13.0 Å². The fourth-order valence-corrected chi connectivity index (χ4v) is 4.23. The molecule has 1 fully saturated rings. The van der Waals surface area contributed by atoms with Crippen LogP contribution in [-0.4, -0.2) is 61.4 Å². The third-order valence-corrected chi connectivity index (χ3v) is 6.16. The van der Waals surface area contributed by atoms with Crippen molar-refractivity contribution >= 4 is 22.6 Å². The Labute approximate surface area is 195 Å². The molecule has 2 amide bonds. The minimum atomic E-state index is -0.189. The Morgan fingerprint density at radius 1 is 0.818 bits per heavy atom. The molecule has 3 aromatic rings. The van der Waals surface area contributed by atoms with E-state index in [1.165, 1.54) is 5.56 Å². The highest BCUT2D eigenvalue weighted by Gasteiger charge is 2.14. The Balaban J connectivity index is 1.22. The molecule has 1 heterocycles. The zero-order valence-corrected chi connectivity index (χ0v) is 19.2. The summed E-state index contributed by atoms with van der Waals surface area (Å²) in [5.41, 5.74) is 3.29. The molecular formula is C27H32N4O2. The summed E-state index contributed by atoms with van der Waals surface area (Å²) in [6.45, 7) is 5.72. The van der Waals surface area contributed by atoms with Crippen molar-refractivity contribution < 1.29 is 9.59 Å². The zero-order chi connectivity index (χ0) is 23.0. The maximum absolute atomic E-state index is 12.4. The molecular weight excluding hydrogens is 412 g/mol. The number of carbonyl (C=O) groups excluding carboxylic acids is 2. The number of carbonyl (C=O) groups is 2. The van der Waals surface area contributed by atoms with Gasteiger partial charge in [-0.2, -0.15) is 0 Å². The standard InChI is InChI=1S/C27H32N4O2/c1-30-12-14-31(15-13-30)20-22-7-4-6-21(16-22)18-28-27(33)19-29-26(32)17-24-10-5-9-23-8-2-3-11-25(23)24/h2-11,16H,12-15,17-20H2,1H3,(H,28,33)(H,29,32). The Morgan fingerprint density at radius 3 is 2.39 bits per heavy atom. The molecule has 0 atom stereocenters. The number of hydrogen-bond donors (Lipinski definition) is 2. The Kier molecular flexibility index (Phi) is 7.70. The molecule has 0 spiro atoms. The third-order valence-electron chi connectivity index (χ3n) is 6.16. The van der Waals surface area contributed by atoms with E-state index in [0.29, 0.717) is 6.54 Å². The Morgan fingerprint density at radius 2 is 1.55 bits per heavy atom. The quantitative estimate of drug-likeness (QED) is 0.561. The van der Waals surface area contributed by atoms with Crippen LogP contribution in [-0.2, 0) is 29.1 Å². The van der Waals surface area contributed by atoms with Gasteiger partial charge in [-0.05, 0) is 34.5 Å². The molecule has 1 aliphatic rings. The predicted octanol–water partition coefficient (Wildman–Crippen LogP) is 2.56. The number of likely N-dealkylation sites (N-methyl/N-ethyl adjacent to an activating group) is 1. The van der Waals surface area contributed by atoms with Gasteiger partial charge in [0, 0.05) is 39.3 Å². The van der Waals surface area contributed by atoms with Crippen LogP contribution in [0.2, 0.25) is 0 Å². The van der Waals surface area contributed by atoms with E-state index in [2.05, 4.69) is 39.6 Å². The molecule has 0 unspecified atom stereocenters. The fourth-order valence-electron chi connectivity index (χ4n) is 4.23. The van der Waals surface area contributed by atoms with Crippen LogP contribution in [0.25, 0.3) is 10.8 Å². The van der Waals surface area contributed by atoms with E-state index < -0.39 is 0 Å². The number of amides is 2. The topological polar surface area (TPSA) is 64.7 Å². The molecule has 1 aliphatic heterocycles. The summed E-state index contributed by atoms with van der Waals surface area (Å²) in [6.07, 6.45) is 0.253. The Hall–Kier alpha value is -3.22. The van der Waals surface area contributed by atoms with Gasteiger partial charge in [0.2, 0.25) is 11.8 Å². The monoisotopic (exact) mass is 444 g/mol. The average Bonchev–Trinajstić information content (AvgIpc) is 2.83. The lowest BCUT2D eigenvalue weighted by molar-refractivity contribution is -0.125. The first-order valence-electron chi connectivity index (χ1n) is 11.6. The van der Waals surface area contributed by atoms with Crippen molar-refractivity contribution in [2.24, 2.45) is 0 Å². The van der Waals surface area contributed by atoms with Gasteiger partial charge in [0.25, 0.3) is 0 Å². The first-order valence-corrected chi connectivity index (χ1v) is 11.6. The Bertz CT molecular complexity index is 1100. The van der Waals surface area contributed by atoms with E-state index >= 15 is 0 Å². The van der Waals surface area contributed by atoms with Gasteiger partial charge in [-0.3, -0.25) is 14.5 Å². The summed E-state index contributed by atoms with van der Waals surface area (Å²) in [5.74, 6) is -0.346. The average molecular weight is 445 g/mol. The molecule has 2 N–H and O–H groups in total. The van der Waals surface area contributed by atoms with Crippen LogP contribution in [0.3, 0.4) is 0 Å². The van der Waals surface area contributed by atoms with Crippen molar-refractivity contribution in [3.05, 3.63) is 83.4 Å². The summed E-state index contributed by atoms with van der Waals surface area (Å²) < 4.78 is 0. The normalized spacial score (nSPS) is 14.8. The molecule has 1 saturated heterocycles. The van der Waals surface area contributed by atoms with Crippen molar-refractivity contribution in [3.8, 4) is 0 Å². The number of rotatable bonds is 8. The van der Waals surface area contributed by atoms with Crippen LogP contribution < -0.4 is 10.6 Å². The molecule has 33 heavy (non-hydrogen) atoms. The minimum Gasteiger partial charge on any atom is -0.350 e. The number of fused-ring (bicyclic) bond motifs is 1. The van der Waals surface area contributed by atoms with Gasteiger partial charge < -0.3 is 15.5 Å². The van der Waals surface area contributed by atoms with Gasteiger partial charge >= 0.3 is 0 Å². The second kappa shape index (κ2) is 11.1. The lowest BCUT2D eigenvalue weighted by Crippen LogP contribution is -2.43. The van der Waals surface area contributed by atoms with E-state index in [1.807, 2.05) is 54.6 Å². The highest BCUT2D eigenvalue weighted by atomic mass is 16.2. The third kappa shape index (κ3) is 6.63. The SMILES string of the molecule is CN1CCN(Cc2cccc(CNC(=O)CNC(=O)Cc3cccc4ccccc34)c2)CC1. The van der Waals surface area contributed by atoms with Gasteiger partial charge in [0.15, 0.2) is 0 Å². The molecule has 4 rings (SSSR count). The predicted molar refractivity (Wildman–Crippen MR) is 132 cm³/mol. The van der Waals surface area contributed by atoms with Crippen molar-refractivity contribution in [2.75, 3.05) is 39.8 Å². The number of hydrogen-bond acceptors (Lipinski definition) is 4. The van der Waals surface area contributed by atoms with Crippen LogP contribution in [0.1, 0.15) is 16.7 Å². The van der Waals surface area contributed by atoms with E-state index in [1.54, 1.807) is 0 Å². The van der Waals surface area contributed by atoms with Crippen LogP contribution >= 0.6 is 0 Å². The fraction of sp³-hybridized carbons (Fsp3) is 0.333. The number of piperazine rings is 1. The van der Waals surface area contributed by atoms with Gasteiger partial charge in [-0.25, -0.2) is 0 Å². The van der Waals surface area contributed by atoms with Crippen LogP contribution in [0.4, 0.5) is 0 Å². The van der Waals surface area contributed by atoms with E-state index in [9.17, 15) is 9.59 Å². The van der Waals surface area contributed by atoms with E-state index in [0.717, 1.165) is 54.6 Å². The van der Waals surface area contributed by atoms with Crippen LogP contribution in [0.5, 0.6) is 0 Å².